The van der Waals surface area contributed by atoms with Crippen LogP contribution in [-0.2, 0) is 4.79 Å². The Kier molecular flexibility index (Phi) is 4.93. The summed E-state index contributed by atoms with van der Waals surface area (Å²) in [5, 5.41) is 10.9. The highest BCUT2D eigenvalue weighted by Crippen LogP contribution is 2.15. The summed E-state index contributed by atoms with van der Waals surface area (Å²) in [7, 11) is 0. The molecule has 0 aliphatic carbocycles. The zero-order valence-electron chi connectivity index (χ0n) is 9.39. The maximum Gasteiger partial charge on any atom is 0.154 e. The van der Waals surface area contributed by atoms with Crippen molar-refractivity contribution in [2.24, 2.45) is 0 Å². The first-order valence-electron chi connectivity index (χ1n) is 5.48. The van der Waals surface area contributed by atoms with E-state index in [2.05, 4.69) is 22.4 Å². The van der Waals surface area contributed by atoms with Gasteiger partial charge in [0.1, 0.15) is 12.4 Å². The normalized spacial score (nSPS) is 12.7. The van der Waals surface area contributed by atoms with Crippen molar-refractivity contribution in [3.05, 3.63) is 6.33 Å². The van der Waals surface area contributed by atoms with Gasteiger partial charge in [0, 0.05) is 0 Å². The molecule has 1 heterocycles. The Hall–Kier alpha value is -1.26. The highest BCUT2D eigenvalue weighted by Gasteiger charge is 2.16. The van der Waals surface area contributed by atoms with E-state index in [0.29, 0.717) is 0 Å². The van der Waals surface area contributed by atoms with Gasteiger partial charge in [0.2, 0.25) is 0 Å². The molecule has 0 aliphatic heterocycles. The summed E-state index contributed by atoms with van der Waals surface area (Å²) in [6, 6.07) is -0.183. The van der Waals surface area contributed by atoms with Crippen LogP contribution in [0.15, 0.2) is 6.33 Å². The van der Waals surface area contributed by atoms with Gasteiger partial charge in [-0.2, -0.15) is 0 Å². The summed E-state index contributed by atoms with van der Waals surface area (Å²) in [5.74, 6) is 0.124. The fourth-order valence-electron chi connectivity index (χ4n) is 1.60. The number of nitrogens with zero attached hydrogens (tertiary/aromatic N) is 4. The third-order valence-electron chi connectivity index (χ3n) is 2.48. The van der Waals surface area contributed by atoms with E-state index in [9.17, 15) is 4.79 Å². The highest BCUT2D eigenvalue weighted by atomic mass is 16.1. The lowest BCUT2D eigenvalue weighted by Gasteiger charge is -2.12. The maximum atomic E-state index is 11.4. The Morgan fingerprint density at radius 1 is 1.40 bits per heavy atom. The van der Waals surface area contributed by atoms with E-state index in [0.717, 1.165) is 12.8 Å². The number of aromatic nitrogens is 4. The van der Waals surface area contributed by atoms with Gasteiger partial charge in [0.05, 0.1) is 0 Å². The van der Waals surface area contributed by atoms with Crippen molar-refractivity contribution in [3.8, 4) is 0 Å². The Labute approximate surface area is 89.9 Å². The monoisotopic (exact) mass is 210 g/mol. The quantitative estimate of drug-likeness (QED) is 0.643. The molecule has 1 atom stereocenters. The van der Waals surface area contributed by atoms with E-state index < -0.39 is 0 Å². The number of hydrogen-bond donors (Lipinski definition) is 0. The minimum absolute atomic E-state index is 0.124. The first-order chi connectivity index (χ1) is 7.25. The molecule has 1 aromatic heterocycles. The first kappa shape index (κ1) is 11.8. The van der Waals surface area contributed by atoms with E-state index in [1.54, 1.807) is 11.6 Å². The third kappa shape index (κ3) is 3.77. The molecule has 5 heteroatoms. The van der Waals surface area contributed by atoms with Crippen molar-refractivity contribution in [1.29, 1.82) is 0 Å². The first-order valence-corrected chi connectivity index (χ1v) is 5.48. The van der Waals surface area contributed by atoms with Gasteiger partial charge in [-0.25, -0.2) is 4.68 Å². The van der Waals surface area contributed by atoms with Gasteiger partial charge >= 0.3 is 0 Å². The zero-order valence-corrected chi connectivity index (χ0v) is 9.39. The number of tetrazole rings is 1. The number of hydrogen-bond acceptors (Lipinski definition) is 4. The molecule has 0 amide bonds. The molecule has 0 aliphatic rings. The lowest BCUT2D eigenvalue weighted by molar-refractivity contribution is -0.120. The molecular formula is C10H18N4O. The van der Waals surface area contributed by atoms with E-state index in [1.165, 1.54) is 25.6 Å². The molecule has 0 bridgehead atoms. The van der Waals surface area contributed by atoms with Gasteiger partial charge < -0.3 is 0 Å². The Bertz CT molecular complexity index is 284. The second-order valence-electron chi connectivity index (χ2n) is 3.77. The standard InChI is InChI=1S/C10H18N4O/c1-3-4-5-6-7-10(9(2)15)14-8-11-12-13-14/h8,10H,3-7H2,1-2H3. The van der Waals surface area contributed by atoms with Crippen LogP contribution in [0.4, 0.5) is 0 Å². The van der Waals surface area contributed by atoms with Crippen LogP contribution in [0.2, 0.25) is 0 Å². The van der Waals surface area contributed by atoms with Crippen LogP contribution in [0.1, 0.15) is 52.0 Å². The SMILES string of the molecule is CCCCCCC(C(C)=O)n1cnnn1. The van der Waals surface area contributed by atoms with E-state index >= 15 is 0 Å². The predicted octanol–water partition coefficient (Wildman–Crippen LogP) is 1.77. The summed E-state index contributed by atoms with van der Waals surface area (Å²) < 4.78 is 1.55. The number of carbonyl (C=O) groups is 1. The molecule has 15 heavy (non-hydrogen) atoms. The topological polar surface area (TPSA) is 60.7 Å². The smallest absolute Gasteiger partial charge is 0.154 e. The number of ketones is 1. The fourth-order valence-corrected chi connectivity index (χ4v) is 1.60. The molecule has 1 rings (SSSR count). The van der Waals surface area contributed by atoms with Crippen LogP contribution in [-0.4, -0.2) is 26.0 Å². The highest BCUT2D eigenvalue weighted by molar-refractivity contribution is 5.79. The molecule has 0 aromatic carbocycles. The molecule has 0 spiro atoms. The summed E-state index contributed by atoms with van der Waals surface area (Å²) >= 11 is 0. The van der Waals surface area contributed by atoms with Crippen LogP contribution >= 0.6 is 0 Å². The van der Waals surface area contributed by atoms with Crippen LogP contribution in [0.25, 0.3) is 0 Å². The molecule has 0 saturated heterocycles. The molecule has 1 unspecified atom stereocenters. The van der Waals surface area contributed by atoms with Gasteiger partial charge in [0.15, 0.2) is 5.78 Å². The van der Waals surface area contributed by atoms with Gasteiger partial charge in [-0.15, -0.1) is 5.10 Å². The molecule has 5 nitrogen and oxygen atoms in total. The number of rotatable bonds is 7. The van der Waals surface area contributed by atoms with Crippen LogP contribution in [0.5, 0.6) is 0 Å². The molecule has 84 valence electrons. The van der Waals surface area contributed by atoms with E-state index in [-0.39, 0.29) is 11.8 Å². The Morgan fingerprint density at radius 3 is 2.73 bits per heavy atom. The van der Waals surface area contributed by atoms with Crippen molar-refractivity contribution in [1.82, 2.24) is 20.2 Å². The van der Waals surface area contributed by atoms with Crippen molar-refractivity contribution >= 4 is 5.78 Å². The summed E-state index contributed by atoms with van der Waals surface area (Å²) in [4.78, 5) is 11.4. The van der Waals surface area contributed by atoms with Gasteiger partial charge in [-0.1, -0.05) is 32.6 Å². The Balaban J connectivity index is 2.42. The van der Waals surface area contributed by atoms with Crippen molar-refractivity contribution < 1.29 is 4.79 Å². The number of unbranched alkanes of at least 4 members (excludes halogenated alkanes) is 3. The Morgan fingerprint density at radius 2 is 2.20 bits per heavy atom. The van der Waals surface area contributed by atoms with Crippen LogP contribution in [0.3, 0.4) is 0 Å². The minimum Gasteiger partial charge on any atom is -0.298 e. The fraction of sp³-hybridized carbons (Fsp3) is 0.800. The second kappa shape index (κ2) is 6.27. The average molecular weight is 210 g/mol. The van der Waals surface area contributed by atoms with E-state index in [4.69, 9.17) is 0 Å². The molecule has 1 aromatic rings. The molecular weight excluding hydrogens is 192 g/mol. The average Bonchev–Trinajstić information content (AvgIpc) is 2.70. The van der Waals surface area contributed by atoms with Gasteiger partial charge in [-0.3, -0.25) is 4.79 Å². The summed E-state index contributed by atoms with van der Waals surface area (Å²) in [6.07, 6.45) is 6.99. The lowest BCUT2D eigenvalue weighted by atomic mass is 10.0. The molecule has 0 N–H and O–H groups in total. The minimum atomic E-state index is -0.183. The van der Waals surface area contributed by atoms with Crippen LogP contribution in [0, 0.1) is 0 Å². The molecule has 0 radical (unpaired) electrons. The zero-order chi connectivity index (χ0) is 11.1. The van der Waals surface area contributed by atoms with Gasteiger partial charge in [0.25, 0.3) is 0 Å². The maximum absolute atomic E-state index is 11.4. The summed E-state index contributed by atoms with van der Waals surface area (Å²) in [6.45, 7) is 3.76. The number of Topliss-reactive ketones (excluding diaryl/α,β-unsaturated/α-hetero) is 1. The van der Waals surface area contributed by atoms with Crippen molar-refractivity contribution in [2.75, 3.05) is 0 Å². The van der Waals surface area contributed by atoms with E-state index in [1.807, 2.05) is 0 Å². The predicted molar refractivity (Wildman–Crippen MR) is 56.3 cm³/mol. The molecule has 0 saturated carbocycles. The van der Waals surface area contributed by atoms with Crippen molar-refractivity contribution in [3.63, 3.8) is 0 Å². The van der Waals surface area contributed by atoms with Crippen LogP contribution < -0.4 is 0 Å². The lowest BCUT2D eigenvalue weighted by Crippen LogP contribution is -2.17. The second-order valence-corrected chi connectivity index (χ2v) is 3.77. The third-order valence-corrected chi connectivity index (χ3v) is 2.48. The van der Waals surface area contributed by atoms with Crippen molar-refractivity contribution in [2.45, 2.75) is 52.0 Å². The largest absolute Gasteiger partial charge is 0.298 e. The molecule has 0 fully saturated rings. The van der Waals surface area contributed by atoms with Gasteiger partial charge in [-0.05, 0) is 23.8 Å². The number of carbonyl (C=O) groups excluding carboxylic acids is 1. The summed E-state index contributed by atoms with van der Waals surface area (Å²) in [5.41, 5.74) is 0.